The minimum absolute atomic E-state index is 0.325. The largest absolute Gasteiger partial charge is 0.478 e. The molecule has 0 saturated heterocycles. The highest BCUT2D eigenvalue weighted by molar-refractivity contribution is 7.09. The van der Waals surface area contributed by atoms with Gasteiger partial charge >= 0.3 is 5.97 Å². The van der Waals surface area contributed by atoms with E-state index in [4.69, 9.17) is 5.11 Å². The fourth-order valence-electron chi connectivity index (χ4n) is 1.49. The Hall–Kier alpha value is -1.95. The van der Waals surface area contributed by atoms with Crippen LogP contribution in [0.25, 0.3) is 0 Å². The maximum Gasteiger partial charge on any atom is 0.338 e. The van der Waals surface area contributed by atoms with Crippen molar-refractivity contribution in [2.45, 2.75) is 6.42 Å². The number of hydrogen-bond acceptors (Lipinski definition) is 4. The van der Waals surface area contributed by atoms with Gasteiger partial charge in [0.2, 0.25) is 0 Å². The summed E-state index contributed by atoms with van der Waals surface area (Å²) in [4.78, 5) is 14.9. The lowest BCUT2D eigenvalue weighted by molar-refractivity contribution is 0.0692. The van der Waals surface area contributed by atoms with E-state index in [1.54, 1.807) is 17.5 Å². The molecule has 1 heterocycles. The summed E-state index contributed by atoms with van der Waals surface area (Å²) in [6.07, 6.45) is 2.48. The highest BCUT2D eigenvalue weighted by Crippen LogP contribution is 2.15. The van der Waals surface area contributed by atoms with Crippen LogP contribution < -0.4 is 5.32 Å². The third-order valence-corrected chi connectivity index (χ3v) is 3.19. The molecule has 2 N–H and O–H groups in total. The van der Waals surface area contributed by atoms with Crippen molar-refractivity contribution in [1.82, 2.24) is 4.98 Å². The van der Waals surface area contributed by atoms with Crippen LogP contribution in [0.4, 0.5) is 10.1 Å². The van der Waals surface area contributed by atoms with E-state index in [1.807, 2.05) is 5.38 Å². The first-order chi connectivity index (χ1) is 8.66. The average molecular weight is 266 g/mol. The number of carboxylic acids is 1. The molecule has 0 aliphatic rings. The van der Waals surface area contributed by atoms with E-state index in [2.05, 4.69) is 10.3 Å². The predicted molar refractivity (Wildman–Crippen MR) is 67.7 cm³/mol. The molecule has 1 aromatic carbocycles. The Morgan fingerprint density at radius 2 is 2.33 bits per heavy atom. The Balaban J connectivity index is 1.97. The number of benzene rings is 1. The molecule has 4 nitrogen and oxygen atoms in total. The predicted octanol–water partition coefficient (Wildman–Crippen LogP) is 2.64. The Kier molecular flexibility index (Phi) is 3.88. The van der Waals surface area contributed by atoms with Gasteiger partial charge in [-0.15, -0.1) is 11.3 Å². The lowest BCUT2D eigenvalue weighted by Crippen LogP contribution is -2.07. The molecule has 1 aromatic heterocycles. The van der Waals surface area contributed by atoms with Crippen LogP contribution in [0.15, 0.2) is 29.8 Å². The number of hydrogen-bond donors (Lipinski definition) is 2. The molecule has 0 fully saturated rings. The Labute approximate surface area is 107 Å². The van der Waals surface area contributed by atoms with Gasteiger partial charge in [0.25, 0.3) is 0 Å². The first-order valence-electron chi connectivity index (χ1n) is 5.32. The number of rotatable bonds is 5. The molecule has 94 valence electrons. The lowest BCUT2D eigenvalue weighted by atomic mass is 10.2. The van der Waals surface area contributed by atoms with Crippen LogP contribution in [0, 0.1) is 5.82 Å². The Morgan fingerprint density at radius 1 is 1.50 bits per heavy atom. The first kappa shape index (κ1) is 12.5. The molecule has 0 aliphatic carbocycles. The molecule has 0 unspecified atom stereocenters. The van der Waals surface area contributed by atoms with E-state index in [1.165, 1.54) is 12.1 Å². The smallest absolute Gasteiger partial charge is 0.338 e. The third kappa shape index (κ3) is 3.04. The zero-order valence-corrected chi connectivity index (χ0v) is 10.2. The van der Waals surface area contributed by atoms with Gasteiger partial charge in [0.15, 0.2) is 0 Å². The number of anilines is 1. The molecule has 18 heavy (non-hydrogen) atoms. The quantitative estimate of drug-likeness (QED) is 0.873. The van der Waals surface area contributed by atoms with Gasteiger partial charge in [0, 0.05) is 30.2 Å². The van der Waals surface area contributed by atoms with E-state index in [0.717, 1.165) is 17.5 Å². The normalized spacial score (nSPS) is 10.3. The van der Waals surface area contributed by atoms with Crippen molar-refractivity contribution >= 4 is 23.0 Å². The summed E-state index contributed by atoms with van der Waals surface area (Å²) in [5, 5.41) is 14.7. The van der Waals surface area contributed by atoms with Crippen molar-refractivity contribution in [3.05, 3.63) is 46.2 Å². The van der Waals surface area contributed by atoms with Crippen LogP contribution in [0.3, 0.4) is 0 Å². The molecule has 0 aliphatic heterocycles. The number of aromatic nitrogens is 1. The SMILES string of the molecule is O=C(O)c1cc(NCCc2nccs2)ccc1F. The fourth-order valence-corrected chi connectivity index (χ4v) is 2.11. The van der Waals surface area contributed by atoms with Crippen molar-refractivity contribution in [1.29, 1.82) is 0 Å². The monoisotopic (exact) mass is 266 g/mol. The second-order valence-corrected chi connectivity index (χ2v) is 4.58. The van der Waals surface area contributed by atoms with Crippen molar-refractivity contribution in [2.24, 2.45) is 0 Å². The van der Waals surface area contributed by atoms with Gasteiger partial charge in [-0.3, -0.25) is 0 Å². The molecule has 0 radical (unpaired) electrons. The maximum absolute atomic E-state index is 13.1. The molecular weight excluding hydrogens is 255 g/mol. The van der Waals surface area contributed by atoms with Crippen LogP contribution in [-0.4, -0.2) is 22.6 Å². The topological polar surface area (TPSA) is 62.2 Å². The van der Waals surface area contributed by atoms with Gasteiger partial charge < -0.3 is 10.4 Å². The lowest BCUT2D eigenvalue weighted by Gasteiger charge is -2.06. The summed E-state index contributed by atoms with van der Waals surface area (Å²) in [6, 6.07) is 3.96. The Morgan fingerprint density at radius 3 is 3.00 bits per heavy atom. The zero-order valence-electron chi connectivity index (χ0n) is 9.39. The van der Waals surface area contributed by atoms with Crippen LogP contribution in [0.1, 0.15) is 15.4 Å². The standard InChI is InChI=1S/C12H11FN2O2S/c13-10-2-1-8(7-9(10)12(16)17)14-4-3-11-15-5-6-18-11/h1-2,5-7,14H,3-4H2,(H,16,17). The van der Waals surface area contributed by atoms with Crippen LogP contribution in [0.5, 0.6) is 0 Å². The zero-order chi connectivity index (χ0) is 13.0. The van der Waals surface area contributed by atoms with Crippen LogP contribution in [0.2, 0.25) is 0 Å². The van der Waals surface area contributed by atoms with E-state index < -0.39 is 11.8 Å². The fraction of sp³-hybridized carbons (Fsp3) is 0.167. The average Bonchev–Trinajstić information content (AvgIpc) is 2.84. The summed E-state index contributed by atoms with van der Waals surface area (Å²) in [5.74, 6) is -2.00. The summed E-state index contributed by atoms with van der Waals surface area (Å²) in [6.45, 7) is 0.623. The minimum atomic E-state index is -1.27. The van der Waals surface area contributed by atoms with Crippen LogP contribution >= 0.6 is 11.3 Å². The van der Waals surface area contributed by atoms with E-state index in [9.17, 15) is 9.18 Å². The molecule has 0 atom stereocenters. The second-order valence-electron chi connectivity index (χ2n) is 3.60. The molecule has 0 bridgehead atoms. The summed E-state index contributed by atoms with van der Waals surface area (Å²) >= 11 is 1.56. The minimum Gasteiger partial charge on any atom is -0.478 e. The van der Waals surface area contributed by atoms with Crippen molar-refractivity contribution in [3.63, 3.8) is 0 Å². The van der Waals surface area contributed by atoms with Gasteiger partial charge in [-0.1, -0.05) is 0 Å². The summed E-state index contributed by atoms with van der Waals surface area (Å²) < 4.78 is 13.1. The highest BCUT2D eigenvalue weighted by Gasteiger charge is 2.10. The number of carboxylic acid groups (broad SMARTS) is 1. The summed E-state index contributed by atoms with van der Waals surface area (Å²) in [7, 11) is 0. The number of thiazole rings is 1. The van der Waals surface area contributed by atoms with E-state index >= 15 is 0 Å². The number of aromatic carboxylic acids is 1. The summed E-state index contributed by atoms with van der Waals surface area (Å²) in [5.41, 5.74) is 0.264. The number of carbonyl (C=O) groups is 1. The molecule has 0 saturated carbocycles. The van der Waals surface area contributed by atoms with Crippen LogP contribution in [-0.2, 0) is 6.42 Å². The highest BCUT2D eigenvalue weighted by atomic mass is 32.1. The number of halogens is 1. The van der Waals surface area contributed by atoms with E-state index in [-0.39, 0.29) is 5.56 Å². The first-order valence-corrected chi connectivity index (χ1v) is 6.20. The van der Waals surface area contributed by atoms with Gasteiger partial charge in [0.1, 0.15) is 5.82 Å². The van der Waals surface area contributed by atoms with Gasteiger partial charge in [0.05, 0.1) is 10.6 Å². The number of nitrogens with one attached hydrogen (secondary N) is 1. The van der Waals surface area contributed by atoms with Gasteiger partial charge in [-0.25, -0.2) is 14.2 Å². The molecule has 2 rings (SSSR count). The van der Waals surface area contributed by atoms with Gasteiger partial charge in [-0.2, -0.15) is 0 Å². The second kappa shape index (κ2) is 5.59. The van der Waals surface area contributed by atoms with E-state index in [0.29, 0.717) is 12.2 Å². The number of nitrogens with zero attached hydrogens (tertiary/aromatic N) is 1. The van der Waals surface area contributed by atoms with Crippen molar-refractivity contribution in [3.8, 4) is 0 Å². The van der Waals surface area contributed by atoms with Crippen molar-refractivity contribution < 1.29 is 14.3 Å². The Bertz CT molecular complexity index is 543. The molecule has 2 aromatic rings. The third-order valence-electron chi connectivity index (χ3n) is 2.35. The van der Waals surface area contributed by atoms with Gasteiger partial charge in [-0.05, 0) is 18.2 Å². The molecule has 0 spiro atoms. The van der Waals surface area contributed by atoms with Crippen molar-refractivity contribution in [2.75, 3.05) is 11.9 Å². The molecule has 6 heteroatoms. The molecular formula is C12H11FN2O2S. The maximum atomic E-state index is 13.1. The molecule has 0 amide bonds.